The zero-order valence-electron chi connectivity index (χ0n) is 9.45. The molecule has 0 aliphatic heterocycles. The Morgan fingerprint density at radius 2 is 2.00 bits per heavy atom. The molecule has 2 aromatic heterocycles. The van der Waals surface area contributed by atoms with Crippen LogP contribution < -0.4 is 5.63 Å². The minimum Gasteiger partial charge on any atom is -0.405 e. The van der Waals surface area contributed by atoms with Gasteiger partial charge in [-0.2, -0.15) is 0 Å². The normalized spacial score (nSPS) is 11.5. The maximum atomic E-state index is 11.9. The maximum Gasteiger partial charge on any atom is 0.347 e. The fourth-order valence-electron chi connectivity index (χ4n) is 2.15. The zero-order chi connectivity index (χ0) is 12.2. The van der Waals surface area contributed by atoms with Crippen LogP contribution in [0.4, 0.5) is 0 Å². The highest BCUT2D eigenvalue weighted by Crippen LogP contribution is 2.26. The third-order valence-electron chi connectivity index (χ3n) is 2.89. The van der Waals surface area contributed by atoms with Gasteiger partial charge in [-0.05, 0) is 53.5 Å². The van der Waals surface area contributed by atoms with E-state index in [0.717, 1.165) is 21.2 Å². The third-order valence-corrected chi connectivity index (χ3v) is 3.49. The molecule has 0 N–H and O–H groups in total. The van der Waals surface area contributed by atoms with Crippen molar-refractivity contribution in [3.8, 4) is 0 Å². The molecule has 0 saturated heterocycles. The van der Waals surface area contributed by atoms with Crippen molar-refractivity contribution in [3.05, 3.63) is 50.4 Å². The standard InChI is InChI=1S/C13H10BrNO2/c1-7-5-9-12(10(14)6-7)15-8(2)3-4-11(15)17-13(9)16/h3-6H,1-2H3. The Morgan fingerprint density at radius 1 is 1.24 bits per heavy atom. The molecule has 3 rings (SSSR count). The van der Waals surface area contributed by atoms with Crippen LogP contribution in [0.1, 0.15) is 11.3 Å². The van der Waals surface area contributed by atoms with Gasteiger partial charge in [0.25, 0.3) is 0 Å². The molecule has 3 nitrogen and oxygen atoms in total. The van der Waals surface area contributed by atoms with Gasteiger partial charge in [0, 0.05) is 16.2 Å². The van der Waals surface area contributed by atoms with Crippen molar-refractivity contribution in [1.29, 1.82) is 0 Å². The molecule has 0 aliphatic carbocycles. The summed E-state index contributed by atoms with van der Waals surface area (Å²) < 4.78 is 8.14. The van der Waals surface area contributed by atoms with E-state index in [-0.39, 0.29) is 5.63 Å². The van der Waals surface area contributed by atoms with Gasteiger partial charge in [-0.25, -0.2) is 4.79 Å². The molecule has 0 saturated carbocycles. The van der Waals surface area contributed by atoms with Crippen LogP contribution in [0.5, 0.6) is 0 Å². The summed E-state index contributed by atoms with van der Waals surface area (Å²) >= 11 is 3.52. The first-order chi connectivity index (χ1) is 8.08. The summed E-state index contributed by atoms with van der Waals surface area (Å²) in [4.78, 5) is 11.9. The van der Waals surface area contributed by atoms with Gasteiger partial charge in [0.05, 0.1) is 10.9 Å². The Balaban J connectivity index is 2.73. The number of halogens is 1. The molecule has 0 spiro atoms. The number of fused-ring (bicyclic) bond motifs is 3. The van der Waals surface area contributed by atoms with E-state index in [1.165, 1.54) is 0 Å². The van der Waals surface area contributed by atoms with Crippen molar-refractivity contribution in [1.82, 2.24) is 4.40 Å². The smallest absolute Gasteiger partial charge is 0.347 e. The van der Waals surface area contributed by atoms with Gasteiger partial charge in [-0.1, -0.05) is 0 Å². The van der Waals surface area contributed by atoms with Gasteiger partial charge in [0.15, 0.2) is 0 Å². The lowest BCUT2D eigenvalue weighted by Gasteiger charge is -2.06. The van der Waals surface area contributed by atoms with Gasteiger partial charge in [0.2, 0.25) is 5.71 Å². The first-order valence-electron chi connectivity index (χ1n) is 5.29. The summed E-state index contributed by atoms with van der Waals surface area (Å²) in [5.74, 6) is 0. The average Bonchev–Trinajstić information content (AvgIpc) is 2.60. The van der Waals surface area contributed by atoms with Crippen LogP contribution >= 0.6 is 15.9 Å². The van der Waals surface area contributed by atoms with E-state index in [9.17, 15) is 4.79 Å². The molecule has 17 heavy (non-hydrogen) atoms. The van der Waals surface area contributed by atoms with Gasteiger partial charge in [-0.3, -0.25) is 4.40 Å². The fraction of sp³-hybridized carbons (Fsp3) is 0.154. The lowest BCUT2D eigenvalue weighted by atomic mass is 10.2. The molecule has 0 unspecified atom stereocenters. The van der Waals surface area contributed by atoms with E-state index in [1.807, 2.05) is 42.5 Å². The van der Waals surface area contributed by atoms with E-state index in [1.54, 1.807) is 0 Å². The van der Waals surface area contributed by atoms with Gasteiger partial charge in [0.1, 0.15) is 0 Å². The number of hydrogen-bond acceptors (Lipinski definition) is 2. The summed E-state index contributed by atoms with van der Waals surface area (Å²) in [5.41, 5.74) is 3.21. The lowest BCUT2D eigenvalue weighted by molar-refractivity contribution is 0.548. The maximum absolute atomic E-state index is 11.9. The number of hydrogen-bond donors (Lipinski definition) is 0. The number of aromatic nitrogens is 1. The predicted molar refractivity (Wildman–Crippen MR) is 70.6 cm³/mol. The van der Waals surface area contributed by atoms with Crippen LogP contribution in [0.15, 0.2) is 37.9 Å². The molecule has 2 heterocycles. The van der Waals surface area contributed by atoms with Crippen molar-refractivity contribution in [2.45, 2.75) is 13.8 Å². The Labute approximate surface area is 106 Å². The highest BCUT2D eigenvalue weighted by molar-refractivity contribution is 9.10. The monoisotopic (exact) mass is 291 g/mol. The van der Waals surface area contributed by atoms with Crippen LogP contribution in [0.3, 0.4) is 0 Å². The van der Waals surface area contributed by atoms with Crippen molar-refractivity contribution < 1.29 is 4.42 Å². The van der Waals surface area contributed by atoms with Crippen LogP contribution in [0, 0.1) is 13.8 Å². The SMILES string of the molecule is Cc1cc(Br)c2c(c1)c(=O)oc1ccc(C)n12. The van der Waals surface area contributed by atoms with E-state index in [4.69, 9.17) is 4.42 Å². The van der Waals surface area contributed by atoms with Crippen molar-refractivity contribution in [2.24, 2.45) is 0 Å². The zero-order valence-corrected chi connectivity index (χ0v) is 11.0. The van der Waals surface area contributed by atoms with Gasteiger partial charge < -0.3 is 4.42 Å². The molecule has 0 amide bonds. The second-order valence-electron chi connectivity index (χ2n) is 4.18. The van der Waals surface area contributed by atoms with Crippen LogP contribution in [-0.4, -0.2) is 4.40 Å². The number of rotatable bonds is 0. The Hall–Kier alpha value is -1.55. The minimum atomic E-state index is -0.296. The molecule has 0 atom stereocenters. The highest BCUT2D eigenvalue weighted by Gasteiger charge is 2.12. The van der Waals surface area contributed by atoms with E-state index < -0.39 is 0 Å². The van der Waals surface area contributed by atoms with Crippen molar-refractivity contribution >= 4 is 32.5 Å². The Bertz CT molecular complexity index is 798. The fourth-order valence-corrected chi connectivity index (χ4v) is 2.90. The van der Waals surface area contributed by atoms with E-state index in [0.29, 0.717) is 11.1 Å². The molecule has 4 heteroatoms. The van der Waals surface area contributed by atoms with Crippen LogP contribution in [-0.2, 0) is 0 Å². The van der Waals surface area contributed by atoms with Crippen molar-refractivity contribution in [3.63, 3.8) is 0 Å². The average molecular weight is 292 g/mol. The minimum absolute atomic E-state index is 0.296. The molecule has 0 aliphatic rings. The van der Waals surface area contributed by atoms with Crippen molar-refractivity contribution in [2.75, 3.05) is 0 Å². The Morgan fingerprint density at radius 3 is 2.76 bits per heavy atom. The first-order valence-corrected chi connectivity index (χ1v) is 6.08. The summed E-state index contributed by atoms with van der Waals surface area (Å²) in [6.45, 7) is 3.94. The quantitative estimate of drug-likeness (QED) is 0.636. The first kappa shape index (κ1) is 10.6. The van der Waals surface area contributed by atoms with Crippen LogP contribution in [0.2, 0.25) is 0 Å². The largest absolute Gasteiger partial charge is 0.405 e. The molecule has 86 valence electrons. The second-order valence-corrected chi connectivity index (χ2v) is 5.04. The summed E-state index contributed by atoms with van der Waals surface area (Å²) in [6.07, 6.45) is 0. The third kappa shape index (κ3) is 1.44. The van der Waals surface area contributed by atoms with E-state index >= 15 is 0 Å². The lowest BCUT2D eigenvalue weighted by Crippen LogP contribution is -2.05. The number of aryl methyl sites for hydroxylation is 2. The molecule has 0 radical (unpaired) electrons. The van der Waals surface area contributed by atoms with Gasteiger partial charge in [-0.15, -0.1) is 0 Å². The number of nitrogens with zero attached hydrogens (tertiary/aromatic N) is 1. The Kier molecular flexibility index (Phi) is 2.16. The predicted octanol–water partition coefficient (Wildman–Crippen LogP) is 3.43. The second kappa shape index (κ2) is 3.47. The molecule has 3 aromatic rings. The highest BCUT2D eigenvalue weighted by atomic mass is 79.9. The summed E-state index contributed by atoms with van der Waals surface area (Å²) in [5, 5.41) is 0.601. The number of benzene rings is 1. The molecule has 0 fully saturated rings. The summed E-state index contributed by atoms with van der Waals surface area (Å²) in [7, 11) is 0. The van der Waals surface area contributed by atoms with Crippen LogP contribution in [0.25, 0.3) is 16.6 Å². The summed E-state index contributed by atoms with van der Waals surface area (Å²) in [6, 6.07) is 7.60. The van der Waals surface area contributed by atoms with E-state index in [2.05, 4.69) is 15.9 Å². The molecular formula is C13H10BrNO2. The van der Waals surface area contributed by atoms with Gasteiger partial charge >= 0.3 is 5.63 Å². The molecule has 0 bridgehead atoms. The molecule has 1 aromatic carbocycles. The topological polar surface area (TPSA) is 34.6 Å². The molecular weight excluding hydrogens is 282 g/mol.